The van der Waals surface area contributed by atoms with Gasteiger partial charge in [0.15, 0.2) is 0 Å². The van der Waals surface area contributed by atoms with Crippen LogP contribution in [0.4, 0.5) is 0 Å². The third-order valence-corrected chi connectivity index (χ3v) is 8.13. The summed E-state index contributed by atoms with van der Waals surface area (Å²) in [4.78, 5) is 0. The molecule has 30 heavy (non-hydrogen) atoms. The lowest BCUT2D eigenvalue weighted by molar-refractivity contribution is 0.172. The number of hydrogen-bond acceptors (Lipinski definition) is 2. The largest absolute Gasteiger partial charge is 0.381 e. The maximum Gasteiger partial charge on any atom is 0.0945 e. The second-order valence-electron chi connectivity index (χ2n) is 12.5. The highest BCUT2D eigenvalue weighted by Gasteiger charge is 2.55. The van der Waals surface area contributed by atoms with Crippen LogP contribution >= 0.6 is 0 Å². The molecule has 0 N–H and O–H groups in total. The van der Waals surface area contributed by atoms with Gasteiger partial charge in [-0.1, -0.05) is 83.1 Å². The van der Waals surface area contributed by atoms with Crippen LogP contribution in [0.25, 0.3) is 0 Å². The fraction of sp³-hybridized carbons (Fsp3) is 1.00. The normalized spacial score (nSPS) is 35.1. The predicted octanol–water partition coefficient (Wildman–Crippen LogP) is 7.95. The zero-order chi connectivity index (χ0) is 23.4. The summed E-state index contributed by atoms with van der Waals surface area (Å²) >= 11 is 0. The number of ether oxygens (including phenoxy) is 2. The van der Waals surface area contributed by atoms with Gasteiger partial charge in [0, 0.05) is 13.2 Å². The molecule has 0 radical (unpaired) electrons. The Hall–Kier alpha value is -0.0800. The van der Waals surface area contributed by atoms with Gasteiger partial charge in [0.1, 0.15) is 0 Å². The van der Waals surface area contributed by atoms with E-state index in [0.717, 1.165) is 60.6 Å². The molecule has 1 aliphatic carbocycles. The summed E-state index contributed by atoms with van der Waals surface area (Å²) in [7, 11) is 0. The Kier molecular flexibility index (Phi) is 10.9. The van der Waals surface area contributed by atoms with Crippen LogP contribution in [0.15, 0.2) is 0 Å². The molecule has 6 atom stereocenters. The Morgan fingerprint density at radius 3 is 1.10 bits per heavy atom. The third kappa shape index (κ3) is 7.80. The molecule has 180 valence electrons. The van der Waals surface area contributed by atoms with E-state index < -0.39 is 0 Å². The van der Waals surface area contributed by atoms with Crippen molar-refractivity contribution in [2.45, 2.75) is 108 Å². The molecule has 0 spiro atoms. The molecule has 6 unspecified atom stereocenters. The SMILES string of the molecule is CC(C)C1CC1C(C)C.CC(C)C1COCC1C(C)C.CC(C)C1OC1(C)C(C)C. The summed E-state index contributed by atoms with van der Waals surface area (Å²) in [5.74, 6) is 8.47. The molecule has 0 aromatic carbocycles. The van der Waals surface area contributed by atoms with Crippen molar-refractivity contribution in [2.24, 2.45) is 59.2 Å². The Balaban J connectivity index is 0.000000226. The van der Waals surface area contributed by atoms with Crippen molar-refractivity contribution >= 4 is 0 Å². The fourth-order valence-corrected chi connectivity index (χ4v) is 5.23. The minimum absolute atomic E-state index is 0.189. The molecule has 2 aliphatic heterocycles. The van der Waals surface area contributed by atoms with Gasteiger partial charge in [-0.15, -0.1) is 0 Å². The van der Waals surface area contributed by atoms with Crippen molar-refractivity contribution < 1.29 is 9.47 Å². The molecule has 3 aliphatic rings. The maximum atomic E-state index is 5.63. The molecule has 2 nitrogen and oxygen atoms in total. The van der Waals surface area contributed by atoms with Crippen LogP contribution in [0.3, 0.4) is 0 Å². The maximum absolute atomic E-state index is 5.63. The van der Waals surface area contributed by atoms with Gasteiger partial charge in [0.25, 0.3) is 0 Å². The van der Waals surface area contributed by atoms with Crippen molar-refractivity contribution in [3.05, 3.63) is 0 Å². The van der Waals surface area contributed by atoms with Gasteiger partial charge in [-0.05, 0) is 72.5 Å². The topological polar surface area (TPSA) is 21.8 Å². The fourth-order valence-electron chi connectivity index (χ4n) is 5.23. The molecule has 3 fully saturated rings. The zero-order valence-corrected chi connectivity index (χ0v) is 22.8. The van der Waals surface area contributed by atoms with Gasteiger partial charge in [-0.25, -0.2) is 0 Å². The van der Waals surface area contributed by atoms with E-state index >= 15 is 0 Å². The summed E-state index contributed by atoms with van der Waals surface area (Å²) < 4.78 is 11.1. The summed E-state index contributed by atoms with van der Waals surface area (Å²) in [6.07, 6.45) is 2.00. The summed E-state index contributed by atoms with van der Waals surface area (Å²) in [5, 5.41) is 0. The predicted molar refractivity (Wildman–Crippen MR) is 132 cm³/mol. The zero-order valence-electron chi connectivity index (χ0n) is 22.8. The Labute approximate surface area is 190 Å². The summed E-state index contributed by atoms with van der Waals surface area (Å²) in [6.45, 7) is 31.6. The molecule has 2 heterocycles. The molecular formula is C28H56O2. The Morgan fingerprint density at radius 2 is 0.933 bits per heavy atom. The van der Waals surface area contributed by atoms with E-state index in [1.165, 1.54) is 6.42 Å². The van der Waals surface area contributed by atoms with E-state index in [1.54, 1.807) is 0 Å². The van der Waals surface area contributed by atoms with Gasteiger partial charge in [-0.3, -0.25) is 0 Å². The van der Waals surface area contributed by atoms with Crippen LogP contribution in [0, 0.1) is 59.2 Å². The first-order valence-corrected chi connectivity index (χ1v) is 13.0. The van der Waals surface area contributed by atoms with Gasteiger partial charge in [-0.2, -0.15) is 0 Å². The molecule has 0 aromatic rings. The average molecular weight is 425 g/mol. The van der Waals surface area contributed by atoms with Gasteiger partial charge in [0.2, 0.25) is 0 Å². The average Bonchev–Trinajstić information content (AvgIpc) is 3.50. The van der Waals surface area contributed by atoms with Crippen molar-refractivity contribution in [2.75, 3.05) is 13.2 Å². The number of epoxide rings is 1. The van der Waals surface area contributed by atoms with Crippen molar-refractivity contribution in [1.29, 1.82) is 0 Å². The molecule has 3 rings (SSSR count). The van der Waals surface area contributed by atoms with E-state index in [2.05, 4.69) is 90.0 Å². The van der Waals surface area contributed by atoms with E-state index in [1.807, 2.05) is 0 Å². The second kappa shape index (κ2) is 11.7. The van der Waals surface area contributed by atoms with Crippen LogP contribution in [-0.4, -0.2) is 24.9 Å². The highest BCUT2D eigenvalue weighted by atomic mass is 16.6. The van der Waals surface area contributed by atoms with Gasteiger partial charge in [0.05, 0.1) is 11.7 Å². The van der Waals surface area contributed by atoms with Crippen molar-refractivity contribution in [1.82, 2.24) is 0 Å². The van der Waals surface area contributed by atoms with E-state index in [9.17, 15) is 0 Å². The monoisotopic (exact) mass is 424 g/mol. The molecule has 0 amide bonds. The molecule has 0 bridgehead atoms. The molecule has 0 aromatic heterocycles. The lowest BCUT2D eigenvalue weighted by Gasteiger charge is -2.23. The van der Waals surface area contributed by atoms with Crippen LogP contribution < -0.4 is 0 Å². The van der Waals surface area contributed by atoms with Crippen molar-refractivity contribution in [3.63, 3.8) is 0 Å². The highest BCUT2D eigenvalue weighted by molar-refractivity contribution is 5.02. The van der Waals surface area contributed by atoms with E-state index in [-0.39, 0.29) is 5.60 Å². The molecule has 1 saturated carbocycles. The first kappa shape index (κ1) is 28.0. The van der Waals surface area contributed by atoms with Crippen LogP contribution in [-0.2, 0) is 9.47 Å². The number of hydrogen-bond donors (Lipinski definition) is 0. The Morgan fingerprint density at radius 1 is 0.567 bits per heavy atom. The number of rotatable bonds is 6. The third-order valence-electron chi connectivity index (χ3n) is 8.13. The lowest BCUT2D eigenvalue weighted by atomic mass is 9.80. The lowest BCUT2D eigenvalue weighted by Crippen LogP contribution is -2.22. The second-order valence-corrected chi connectivity index (χ2v) is 12.5. The minimum Gasteiger partial charge on any atom is -0.381 e. The molecule has 2 heteroatoms. The van der Waals surface area contributed by atoms with E-state index in [0.29, 0.717) is 17.9 Å². The van der Waals surface area contributed by atoms with Crippen LogP contribution in [0.5, 0.6) is 0 Å². The van der Waals surface area contributed by atoms with Gasteiger partial charge < -0.3 is 9.47 Å². The van der Waals surface area contributed by atoms with E-state index in [4.69, 9.17) is 9.47 Å². The summed E-state index contributed by atoms with van der Waals surface area (Å²) in [6, 6.07) is 0. The first-order valence-electron chi connectivity index (χ1n) is 13.0. The van der Waals surface area contributed by atoms with Gasteiger partial charge >= 0.3 is 0 Å². The van der Waals surface area contributed by atoms with Crippen LogP contribution in [0.2, 0.25) is 0 Å². The summed E-state index contributed by atoms with van der Waals surface area (Å²) in [5.41, 5.74) is 0.189. The van der Waals surface area contributed by atoms with Crippen LogP contribution in [0.1, 0.15) is 96.4 Å². The standard InChI is InChI=1S/C10H20O.C9H18O.C9H18/c1-7(2)9-5-11-6-10(9)8(3)4;1-6(2)8-9(5,10-8)7(3)4;1-6(2)8-5-9(8)7(3)4/h7-10H,5-6H2,1-4H3;6-8H,1-5H3;6-9H,5H2,1-4H3. The molecular weight excluding hydrogens is 368 g/mol. The highest BCUT2D eigenvalue weighted by Crippen LogP contribution is 2.48. The first-order chi connectivity index (χ1) is 13.7. The molecule has 2 saturated heterocycles. The smallest absolute Gasteiger partial charge is 0.0945 e. The quantitative estimate of drug-likeness (QED) is 0.403. The van der Waals surface area contributed by atoms with Crippen molar-refractivity contribution in [3.8, 4) is 0 Å². The Bertz CT molecular complexity index is 453. The minimum atomic E-state index is 0.189.